The Kier molecular flexibility index (Phi) is 7.66. The highest BCUT2D eigenvalue weighted by molar-refractivity contribution is 5.76. The molecule has 28 heavy (non-hydrogen) atoms. The van der Waals surface area contributed by atoms with E-state index in [1.165, 1.54) is 6.92 Å². The van der Waals surface area contributed by atoms with Crippen molar-refractivity contribution in [2.45, 2.75) is 74.7 Å². The largest absolute Gasteiger partial charge is 0.479 e. The van der Waals surface area contributed by atoms with Gasteiger partial charge in [0, 0.05) is 6.42 Å². The van der Waals surface area contributed by atoms with Crippen LogP contribution in [-0.4, -0.2) is 116 Å². The van der Waals surface area contributed by atoms with Crippen molar-refractivity contribution in [3.8, 4) is 0 Å². The van der Waals surface area contributed by atoms with Crippen LogP contribution < -0.4 is 5.32 Å². The van der Waals surface area contributed by atoms with E-state index in [9.17, 15) is 40.2 Å². The molecule has 0 aromatic heterocycles. The Labute approximate surface area is 159 Å². The van der Waals surface area contributed by atoms with Crippen LogP contribution in [-0.2, 0) is 23.8 Å². The maximum Gasteiger partial charge on any atom is 0.335 e. The summed E-state index contributed by atoms with van der Waals surface area (Å²) in [6, 6.07) is -1.37. The number of hydrogen-bond donors (Lipinski definition) is 8. The van der Waals surface area contributed by atoms with Crippen molar-refractivity contribution < 1.29 is 59.5 Å². The van der Waals surface area contributed by atoms with Crippen molar-refractivity contribution in [1.29, 1.82) is 0 Å². The molecule has 2 heterocycles. The third-order valence-corrected chi connectivity index (χ3v) is 4.63. The van der Waals surface area contributed by atoms with Crippen LogP contribution in [0.4, 0.5) is 0 Å². The first kappa shape index (κ1) is 22.9. The fraction of sp³-hybridized carbons (Fsp3) is 0.867. The third-order valence-electron chi connectivity index (χ3n) is 4.63. The van der Waals surface area contributed by atoms with Gasteiger partial charge in [-0.3, -0.25) is 4.79 Å². The van der Waals surface area contributed by atoms with E-state index in [0.29, 0.717) is 0 Å². The fourth-order valence-electron chi connectivity index (χ4n) is 3.01. The Morgan fingerprint density at radius 2 is 1.64 bits per heavy atom. The van der Waals surface area contributed by atoms with Crippen LogP contribution in [0.3, 0.4) is 0 Å². The van der Waals surface area contributed by atoms with E-state index >= 15 is 0 Å². The molecule has 0 aromatic carbocycles. The van der Waals surface area contributed by atoms with Gasteiger partial charge in [0.2, 0.25) is 5.91 Å². The van der Waals surface area contributed by atoms with Crippen LogP contribution in [0.25, 0.3) is 0 Å². The summed E-state index contributed by atoms with van der Waals surface area (Å²) >= 11 is 0. The minimum atomic E-state index is -1.95. The lowest BCUT2D eigenvalue weighted by Crippen LogP contribution is -2.68. The van der Waals surface area contributed by atoms with Crippen LogP contribution in [0, 0.1) is 0 Å². The molecule has 2 aliphatic rings. The van der Waals surface area contributed by atoms with E-state index in [1.54, 1.807) is 0 Å². The smallest absolute Gasteiger partial charge is 0.335 e. The van der Waals surface area contributed by atoms with Crippen LogP contribution in [0.5, 0.6) is 0 Å². The predicted octanol–water partition coefficient (Wildman–Crippen LogP) is -4.77. The van der Waals surface area contributed by atoms with E-state index < -0.39 is 79.8 Å². The Morgan fingerprint density at radius 1 is 1.00 bits per heavy atom. The second-order valence-corrected chi connectivity index (χ2v) is 6.52. The van der Waals surface area contributed by atoms with Crippen LogP contribution in [0.15, 0.2) is 0 Å². The summed E-state index contributed by atoms with van der Waals surface area (Å²) in [7, 11) is 0. The minimum Gasteiger partial charge on any atom is -0.479 e. The van der Waals surface area contributed by atoms with Crippen molar-refractivity contribution in [3.63, 3.8) is 0 Å². The number of carboxylic acid groups (broad SMARTS) is 1. The molecule has 2 saturated heterocycles. The van der Waals surface area contributed by atoms with Gasteiger partial charge in [0.1, 0.15) is 42.7 Å². The summed E-state index contributed by atoms with van der Waals surface area (Å²) in [4.78, 5) is 22.9. The summed E-state index contributed by atoms with van der Waals surface area (Å²) in [6.45, 7) is 0.803. The monoisotopic (exact) mass is 411 g/mol. The summed E-state index contributed by atoms with van der Waals surface area (Å²) in [5, 5.41) is 70.8. The summed E-state index contributed by atoms with van der Waals surface area (Å²) in [6.07, 6.45) is -15.7. The van der Waals surface area contributed by atoms with Crippen molar-refractivity contribution >= 4 is 11.9 Å². The van der Waals surface area contributed by atoms with Crippen molar-refractivity contribution in [1.82, 2.24) is 5.32 Å². The maximum absolute atomic E-state index is 11.7. The van der Waals surface area contributed by atoms with E-state index in [4.69, 9.17) is 19.3 Å². The molecule has 0 unspecified atom stereocenters. The van der Waals surface area contributed by atoms with Crippen molar-refractivity contribution in [2.24, 2.45) is 0 Å². The molecule has 162 valence electrons. The zero-order chi connectivity index (χ0) is 21.2. The molecule has 0 spiro atoms. The van der Waals surface area contributed by atoms with Gasteiger partial charge in [-0.15, -0.1) is 0 Å². The van der Waals surface area contributed by atoms with Gasteiger partial charge in [-0.05, 0) is 0 Å². The van der Waals surface area contributed by atoms with Crippen LogP contribution in [0.1, 0.15) is 13.3 Å². The summed E-state index contributed by atoms with van der Waals surface area (Å²) in [5.74, 6) is -2.18. The number of hydrogen-bond acceptors (Lipinski definition) is 11. The minimum absolute atomic E-state index is 0.0179. The van der Waals surface area contributed by atoms with Gasteiger partial charge in [0.15, 0.2) is 18.7 Å². The van der Waals surface area contributed by atoms with Gasteiger partial charge in [-0.2, -0.15) is 0 Å². The second kappa shape index (κ2) is 9.39. The molecule has 8 N–H and O–H groups in total. The van der Waals surface area contributed by atoms with Gasteiger partial charge in [-0.25, -0.2) is 4.79 Å². The second-order valence-electron chi connectivity index (χ2n) is 6.52. The molecule has 0 aromatic rings. The highest BCUT2D eigenvalue weighted by Gasteiger charge is 2.52. The lowest BCUT2D eigenvalue weighted by Gasteiger charge is -2.46. The maximum atomic E-state index is 11.7. The molecule has 13 nitrogen and oxygen atoms in total. The molecule has 0 bridgehead atoms. The van der Waals surface area contributed by atoms with Gasteiger partial charge in [-0.1, -0.05) is 6.92 Å². The first-order chi connectivity index (χ1) is 13.1. The Balaban J connectivity index is 2.26. The highest BCUT2D eigenvalue weighted by atomic mass is 16.7. The molecule has 0 radical (unpaired) electrons. The molecule has 0 saturated carbocycles. The van der Waals surface area contributed by atoms with Gasteiger partial charge in [0.25, 0.3) is 0 Å². The van der Waals surface area contributed by atoms with Crippen LogP contribution >= 0.6 is 0 Å². The SMILES string of the molecule is CCC(=O)N[C@@H]1[C@@H](O[C@@H]2O[C@H](C(=O)O)[C@@H](O)[C@H](O)[C@H]2O)[C@H](O)[C@@H](CO)O[C@H]1O. The van der Waals surface area contributed by atoms with Crippen molar-refractivity contribution in [3.05, 3.63) is 0 Å². The molecule has 13 heteroatoms. The number of aliphatic carboxylic acids is 1. The first-order valence-electron chi connectivity index (χ1n) is 8.62. The number of aliphatic hydroxyl groups excluding tert-OH is 6. The Hall–Kier alpha value is -1.42. The lowest BCUT2D eigenvalue weighted by molar-refractivity contribution is -0.336. The average Bonchev–Trinajstić information content (AvgIpc) is 2.66. The van der Waals surface area contributed by atoms with Gasteiger partial charge < -0.3 is 55.3 Å². The molecular formula is C15H25NO12. The molecular weight excluding hydrogens is 386 g/mol. The fourth-order valence-corrected chi connectivity index (χ4v) is 3.01. The van der Waals surface area contributed by atoms with Gasteiger partial charge in [0.05, 0.1) is 6.61 Å². The highest BCUT2D eigenvalue weighted by Crippen LogP contribution is 2.28. The number of amides is 1. The quantitative estimate of drug-likeness (QED) is 0.207. The number of ether oxygens (including phenoxy) is 3. The molecule has 0 aliphatic carbocycles. The molecule has 1 amide bonds. The van der Waals surface area contributed by atoms with Crippen LogP contribution in [0.2, 0.25) is 0 Å². The zero-order valence-electron chi connectivity index (χ0n) is 14.9. The number of rotatable bonds is 6. The average molecular weight is 411 g/mol. The molecule has 2 fully saturated rings. The number of carboxylic acids is 1. The standard InChI is InChI=1S/C15H25NO12/c1-2-5(18)16-6-11(7(19)4(3-17)26-14(6)25)27-15-10(22)8(20)9(21)12(28-15)13(23)24/h4,6-12,14-15,17,19-22,25H,2-3H2,1H3,(H,16,18)(H,23,24)/t4-,6-,7-,8+,9+,10-,11-,12+,14-,15-/m1/s1. The number of aliphatic hydroxyl groups is 6. The molecule has 10 atom stereocenters. The topological polar surface area (TPSA) is 215 Å². The van der Waals surface area contributed by atoms with Crippen molar-refractivity contribution in [2.75, 3.05) is 6.61 Å². The number of nitrogens with one attached hydrogen (secondary N) is 1. The zero-order valence-corrected chi connectivity index (χ0v) is 14.9. The third kappa shape index (κ3) is 4.59. The Bertz CT molecular complexity index is 561. The lowest BCUT2D eigenvalue weighted by atomic mass is 9.95. The van der Waals surface area contributed by atoms with E-state index in [2.05, 4.69) is 5.32 Å². The molecule has 2 rings (SSSR count). The van der Waals surface area contributed by atoms with Gasteiger partial charge >= 0.3 is 5.97 Å². The Morgan fingerprint density at radius 3 is 2.18 bits per heavy atom. The van der Waals surface area contributed by atoms with E-state index in [1.807, 2.05) is 0 Å². The summed E-state index contributed by atoms with van der Waals surface area (Å²) in [5.41, 5.74) is 0. The molecule has 2 aliphatic heterocycles. The summed E-state index contributed by atoms with van der Waals surface area (Å²) < 4.78 is 15.4. The van der Waals surface area contributed by atoms with E-state index in [-0.39, 0.29) is 6.42 Å². The van der Waals surface area contributed by atoms with E-state index in [0.717, 1.165) is 0 Å². The first-order valence-corrected chi connectivity index (χ1v) is 8.62. The normalized spacial score (nSPS) is 44.1. The number of carbonyl (C=O) groups excluding carboxylic acids is 1. The number of carbonyl (C=O) groups is 2. The predicted molar refractivity (Wildman–Crippen MR) is 85.4 cm³/mol.